The maximum absolute atomic E-state index is 12.3. The molecule has 0 saturated carbocycles. The highest BCUT2D eigenvalue weighted by atomic mass is 35.5. The molecule has 1 unspecified atom stereocenters. The van der Waals surface area contributed by atoms with E-state index in [1.165, 1.54) is 4.90 Å². The number of rotatable bonds is 8. The van der Waals surface area contributed by atoms with Crippen LogP contribution in [0.5, 0.6) is 0 Å². The van der Waals surface area contributed by atoms with Gasteiger partial charge in [-0.05, 0) is 31.0 Å². The molecule has 2 amide bonds. The van der Waals surface area contributed by atoms with E-state index >= 15 is 0 Å². The molecule has 1 atom stereocenters. The molecule has 7 heteroatoms. The summed E-state index contributed by atoms with van der Waals surface area (Å²) in [4.78, 5) is 26.0. The van der Waals surface area contributed by atoms with Crippen molar-refractivity contribution in [1.82, 2.24) is 4.90 Å². The van der Waals surface area contributed by atoms with Gasteiger partial charge in [-0.2, -0.15) is 0 Å². The van der Waals surface area contributed by atoms with Crippen LogP contribution >= 0.6 is 23.2 Å². The molecule has 0 aliphatic heterocycles. The zero-order valence-electron chi connectivity index (χ0n) is 13.4. The second-order valence-corrected chi connectivity index (χ2v) is 6.17. The third kappa shape index (κ3) is 6.37. The Balaban J connectivity index is 2.72. The van der Waals surface area contributed by atoms with Crippen molar-refractivity contribution >= 4 is 40.7 Å². The first-order valence-electron chi connectivity index (χ1n) is 7.68. The fourth-order valence-electron chi connectivity index (χ4n) is 2.16. The Morgan fingerprint density at radius 3 is 2.52 bits per heavy atom. The van der Waals surface area contributed by atoms with E-state index in [0.29, 0.717) is 28.7 Å². The third-order valence-electron chi connectivity index (χ3n) is 3.26. The van der Waals surface area contributed by atoms with Crippen molar-refractivity contribution in [2.45, 2.75) is 39.2 Å². The largest absolute Gasteiger partial charge is 0.332 e. The van der Waals surface area contributed by atoms with E-state index in [1.54, 1.807) is 18.2 Å². The predicted molar refractivity (Wildman–Crippen MR) is 94.8 cm³/mol. The van der Waals surface area contributed by atoms with Gasteiger partial charge >= 0.3 is 0 Å². The summed E-state index contributed by atoms with van der Waals surface area (Å²) in [5, 5.41) is 3.52. The molecule has 1 aromatic carbocycles. The molecule has 0 heterocycles. The number of hydrogen-bond donors (Lipinski definition) is 2. The van der Waals surface area contributed by atoms with Crippen LogP contribution in [0.2, 0.25) is 10.0 Å². The van der Waals surface area contributed by atoms with Gasteiger partial charge in [0.25, 0.3) is 0 Å². The van der Waals surface area contributed by atoms with Gasteiger partial charge in [0, 0.05) is 11.6 Å². The molecule has 0 saturated heterocycles. The molecule has 0 aliphatic carbocycles. The van der Waals surface area contributed by atoms with Gasteiger partial charge in [0.2, 0.25) is 11.8 Å². The van der Waals surface area contributed by atoms with Gasteiger partial charge < -0.3 is 16.0 Å². The van der Waals surface area contributed by atoms with E-state index in [-0.39, 0.29) is 18.4 Å². The molecule has 1 aromatic rings. The third-order valence-corrected chi connectivity index (χ3v) is 3.81. The van der Waals surface area contributed by atoms with Crippen LogP contribution in [0.25, 0.3) is 0 Å². The normalized spacial score (nSPS) is 11.9. The highest BCUT2D eigenvalue weighted by molar-refractivity contribution is 6.36. The molecule has 0 fully saturated rings. The summed E-state index contributed by atoms with van der Waals surface area (Å²) in [5.41, 5.74) is 6.33. The van der Waals surface area contributed by atoms with Crippen molar-refractivity contribution in [3.63, 3.8) is 0 Å². The monoisotopic (exact) mass is 359 g/mol. The van der Waals surface area contributed by atoms with Crippen molar-refractivity contribution < 1.29 is 9.59 Å². The number of hydrogen-bond acceptors (Lipinski definition) is 3. The Labute approximate surface area is 147 Å². The smallest absolute Gasteiger partial charge is 0.244 e. The van der Waals surface area contributed by atoms with Gasteiger partial charge in [0.1, 0.15) is 0 Å². The SMILES string of the molecule is CCCC(N)C(=O)N(CCC)CC(=O)Nc1ccc(Cl)cc1Cl. The van der Waals surface area contributed by atoms with E-state index in [9.17, 15) is 9.59 Å². The first-order chi connectivity index (χ1) is 10.9. The molecular formula is C16H23Cl2N3O2. The molecular weight excluding hydrogens is 337 g/mol. The number of amides is 2. The predicted octanol–water partition coefficient (Wildman–Crippen LogP) is 3.30. The molecule has 128 valence electrons. The minimum Gasteiger partial charge on any atom is -0.332 e. The first-order valence-corrected chi connectivity index (χ1v) is 8.43. The van der Waals surface area contributed by atoms with E-state index in [0.717, 1.165) is 12.8 Å². The van der Waals surface area contributed by atoms with Gasteiger partial charge in [0.15, 0.2) is 0 Å². The van der Waals surface area contributed by atoms with Crippen molar-refractivity contribution in [1.29, 1.82) is 0 Å². The summed E-state index contributed by atoms with van der Waals surface area (Å²) in [6, 6.07) is 4.23. The lowest BCUT2D eigenvalue weighted by Gasteiger charge is -2.24. The van der Waals surface area contributed by atoms with Crippen molar-refractivity contribution in [2.24, 2.45) is 5.73 Å². The molecule has 23 heavy (non-hydrogen) atoms. The number of benzene rings is 1. The average Bonchev–Trinajstić information content (AvgIpc) is 2.49. The number of anilines is 1. The lowest BCUT2D eigenvalue weighted by atomic mass is 10.1. The van der Waals surface area contributed by atoms with Crippen LogP contribution in [0.4, 0.5) is 5.69 Å². The molecule has 5 nitrogen and oxygen atoms in total. The summed E-state index contributed by atoms with van der Waals surface area (Å²) in [6.45, 7) is 4.34. The van der Waals surface area contributed by atoms with Crippen molar-refractivity contribution in [3.8, 4) is 0 Å². The lowest BCUT2D eigenvalue weighted by molar-refractivity contribution is -0.136. The van der Waals surface area contributed by atoms with Crippen LogP contribution in [0.3, 0.4) is 0 Å². The highest BCUT2D eigenvalue weighted by Crippen LogP contribution is 2.25. The van der Waals surface area contributed by atoms with Gasteiger partial charge in [-0.1, -0.05) is 43.5 Å². The quantitative estimate of drug-likeness (QED) is 0.747. The fourth-order valence-corrected chi connectivity index (χ4v) is 2.62. The number of nitrogens with zero attached hydrogens (tertiary/aromatic N) is 1. The number of nitrogens with one attached hydrogen (secondary N) is 1. The summed E-state index contributed by atoms with van der Waals surface area (Å²) in [7, 11) is 0. The highest BCUT2D eigenvalue weighted by Gasteiger charge is 2.22. The number of carbonyl (C=O) groups excluding carboxylic acids is 2. The van der Waals surface area contributed by atoms with Crippen LogP contribution < -0.4 is 11.1 Å². The van der Waals surface area contributed by atoms with Gasteiger partial charge in [0.05, 0.1) is 23.3 Å². The van der Waals surface area contributed by atoms with Crippen LogP contribution in [0.15, 0.2) is 18.2 Å². The molecule has 1 rings (SSSR count). The maximum Gasteiger partial charge on any atom is 0.244 e. The van der Waals surface area contributed by atoms with Crippen LogP contribution in [-0.4, -0.2) is 35.8 Å². The molecule has 3 N–H and O–H groups in total. The Bertz CT molecular complexity index is 552. The van der Waals surface area contributed by atoms with Crippen LogP contribution in [-0.2, 0) is 9.59 Å². The lowest BCUT2D eigenvalue weighted by Crippen LogP contribution is -2.47. The number of carbonyl (C=O) groups is 2. The van der Waals surface area contributed by atoms with Gasteiger partial charge in [-0.3, -0.25) is 9.59 Å². The zero-order valence-corrected chi connectivity index (χ0v) is 15.0. The number of halogens is 2. The summed E-state index contributed by atoms with van der Waals surface area (Å²) < 4.78 is 0. The minimum atomic E-state index is -0.571. The van der Waals surface area contributed by atoms with Gasteiger partial charge in [-0.25, -0.2) is 0 Å². The van der Waals surface area contributed by atoms with Crippen LogP contribution in [0, 0.1) is 0 Å². The molecule has 0 aliphatic rings. The average molecular weight is 360 g/mol. The zero-order chi connectivity index (χ0) is 17.4. The van der Waals surface area contributed by atoms with E-state index in [4.69, 9.17) is 28.9 Å². The minimum absolute atomic E-state index is 0.0525. The van der Waals surface area contributed by atoms with Crippen LogP contribution in [0.1, 0.15) is 33.1 Å². The summed E-state index contributed by atoms with van der Waals surface area (Å²) in [6.07, 6.45) is 2.17. The fraction of sp³-hybridized carbons (Fsp3) is 0.500. The first kappa shape index (κ1) is 19.7. The van der Waals surface area contributed by atoms with Crippen molar-refractivity contribution in [3.05, 3.63) is 28.2 Å². The standard InChI is InChI=1S/C16H23Cl2N3O2/c1-3-5-13(19)16(23)21(8-4-2)10-15(22)20-14-7-6-11(17)9-12(14)18/h6-7,9,13H,3-5,8,10,19H2,1-2H3,(H,20,22). The Morgan fingerprint density at radius 1 is 1.26 bits per heavy atom. The molecule has 0 bridgehead atoms. The molecule has 0 aromatic heterocycles. The molecule has 0 spiro atoms. The maximum atomic E-state index is 12.3. The van der Waals surface area contributed by atoms with E-state index in [1.807, 2.05) is 13.8 Å². The van der Waals surface area contributed by atoms with Crippen molar-refractivity contribution in [2.75, 3.05) is 18.4 Å². The van der Waals surface area contributed by atoms with E-state index in [2.05, 4.69) is 5.32 Å². The number of nitrogens with two attached hydrogens (primary N) is 1. The Morgan fingerprint density at radius 2 is 1.96 bits per heavy atom. The second-order valence-electron chi connectivity index (χ2n) is 5.33. The molecule has 0 radical (unpaired) electrons. The van der Waals surface area contributed by atoms with Gasteiger partial charge in [-0.15, -0.1) is 0 Å². The summed E-state index contributed by atoms with van der Waals surface area (Å²) in [5.74, 6) is -0.522. The Kier molecular flexibility index (Phi) is 8.37. The Hall–Kier alpha value is -1.30. The summed E-state index contributed by atoms with van der Waals surface area (Å²) >= 11 is 11.8. The second kappa shape index (κ2) is 9.75. The van der Waals surface area contributed by atoms with E-state index < -0.39 is 6.04 Å². The topological polar surface area (TPSA) is 75.4 Å².